The van der Waals surface area contributed by atoms with Gasteiger partial charge in [-0.2, -0.15) is 13.2 Å². The van der Waals surface area contributed by atoms with E-state index in [-0.39, 0.29) is 17.4 Å². The quantitative estimate of drug-likeness (QED) is 0.650. The average molecular weight is 417 g/mol. The molecule has 3 aromatic rings. The number of hydrogen-bond acceptors (Lipinski definition) is 5. The summed E-state index contributed by atoms with van der Waals surface area (Å²) < 4.78 is 63.4. The van der Waals surface area contributed by atoms with Gasteiger partial charge in [0.25, 0.3) is 0 Å². The molecule has 0 radical (unpaired) electrons. The minimum Gasteiger partial charge on any atom is -0.322 e. The summed E-state index contributed by atoms with van der Waals surface area (Å²) in [5.41, 5.74) is -0.486. The van der Waals surface area contributed by atoms with Gasteiger partial charge in [-0.25, -0.2) is 23.4 Å². The molecule has 0 saturated heterocycles. The minimum atomic E-state index is -4.47. The van der Waals surface area contributed by atoms with Crippen LogP contribution in [-0.2, 0) is 22.6 Å². The first-order chi connectivity index (χ1) is 12.5. The molecule has 0 saturated carbocycles. The van der Waals surface area contributed by atoms with Gasteiger partial charge in [0.15, 0.2) is 14.9 Å². The van der Waals surface area contributed by atoms with Crippen molar-refractivity contribution in [2.24, 2.45) is 0 Å². The lowest BCUT2D eigenvalue weighted by atomic mass is 10.1. The Morgan fingerprint density at radius 2 is 1.70 bits per heavy atom. The van der Waals surface area contributed by atoms with E-state index in [1.54, 1.807) is 0 Å². The molecule has 0 bridgehead atoms. The zero-order chi connectivity index (χ0) is 19.8. The smallest absolute Gasteiger partial charge is 0.322 e. The fourth-order valence-electron chi connectivity index (χ4n) is 2.30. The first-order valence-electron chi connectivity index (χ1n) is 7.45. The Labute approximate surface area is 157 Å². The van der Waals surface area contributed by atoms with Crippen LogP contribution in [-0.4, -0.2) is 34.2 Å². The van der Waals surface area contributed by atoms with E-state index >= 15 is 0 Å². The molecule has 142 valence electrons. The molecule has 0 spiro atoms. The van der Waals surface area contributed by atoms with Gasteiger partial charge in [-0.05, 0) is 12.1 Å². The van der Waals surface area contributed by atoms with Crippen LogP contribution in [0.15, 0.2) is 47.9 Å². The Morgan fingerprint density at radius 3 is 2.22 bits per heavy atom. The highest BCUT2D eigenvalue weighted by molar-refractivity contribution is 7.90. The normalized spacial score (nSPS) is 12.3. The molecule has 0 fully saturated rings. The first-order valence-corrected chi connectivity index (χ1v) is 9.72. The van der Waals surface area contributed by atoms with Gasteiger partial charge < -0.3 is 4.57 Å². The van der Waals surface area contributed by atoms with Gasteiger partial charge in [0.1, 0.15) is 11.6 Å². The summed E-state index contributed by atoms with van der Waals surface area (Å²) in [5.74, 6) is 0.521. The van der Waals surface area contributed by atoms with Crippen molar-refractivity contribution in [1.82, 2.24) is 19.5 Å². The van der Waals surface area contributed by atoms with Gasteiger partial charge >= 0.3 is 6.18 Å². The van der Waals surface area contributed by atoms with Crippen LogP contribution >= 0.6 is 11.6 Å². The Morgan fingerprint density at radius 1 is 1.11 bits per heavy atom. The van der Waals surface area contributed by atoms with Crippen molar-refractivity contribution in [2.45, 2.75) is 17.7 Å². The minimum absolute atomic E-state index is 0.0655. The van der Waals surface area contributed by atoms with Crippen LogP contribution in [0.5, 0.6) is 0 Å². The molecule has 3 rings (SSSR count). The fourth-order valence-corrected chi connectivity index (χ4v) is 2.97. The second-order valence-electron chi connectivity index (χ2n) is 5.70. The van der Waals surface area contributed by atoms with Gasteiger partial charge in [-0.3, -0.25) is 0 Å². The third kappa shape index (κ3) is 4.45. The summed E-state index contributed by atoms with van der Waals surface area (Å²) in [6.45, 7) is 0.0655. The van der Waals surface area contributed by atoms with Crippen LogP contribution in [0.2, 0.25) is 5.02 Å². The van der Waals surface area contributed by atoms with Crippen LogP contribution in [0.3, 0.4) is 0 Å². The van der Waals surface area contributed by atoms with Crippen molar-refractivity contribution in [3.63, 3.8) is 0 Å². The Kier molecular flexibility index (Phi) is 4.96. The Balaban J connectivity index is 2.05. The highest BCUT2D eigenvalue weighted by Crippen LogP contribution is 2.31. The standard InChI is InChI=1S/C16H12ClF3N4O2S/c1-27(25,26)14-9-24(8-13-21-6-12(17)7-22-13)15(23-14)10-2-4-11(5-3-10)16(18,19)20/h2-7,9H,8H2,1H3. The van der Waals surface area contributed by atoms with Gasteiger partial charge in [-0.15, -0.1) is 0 Å². The topological polar surface area (TPSA) is 77.7 Å². The molecule has 2 aromatic heterocycles. The summed E-state index contributed by atoms with van der Waals surface area (Å²) in [5, 5.41) is 0.135. The number of sulfone groups is 1. The lowest BCUT2D eigenvalue weighted by Crippen LogP contribution is -2.06. The monoisotopic (exact) mass is 416 g/mol. The number of benzene rings is 1. The highest BCUT2D eigenvalue weighted by atomic mass is 35.5. The second-order valence-corrected chi connectivity index (χ2v) is 8.09. The number of imidazole rings is 1. The molecule has 0 amide bonds. The van der Waals surface area contributed by atoms with Gasteiger partial charge in [0, 0.05) is 30.4 Å². The van der Waals surface area contributed by atoms with Crippen molar-refractivity contribution in [3.05, 3.63) is 59.3 Å². The molecule has 0 N–H and O–H groups in total. The lowest BCUT2D eigenvalue weighted by molar-refractivity contribution is -0.137. The summed E-state index contributed by atoms with van der Waals surface area (Å²) in [6, 6.07) is 4.29. The predicted molar refractivity (Wildman–Crippen MR) is 91.9 cm³/mol. The molecule has 0 aliphatic carbocycles. The molecule has 1 aromatic carbocycles. The highest BCUT2D eigenvalue weighted by Gasteiger charge is 2.30. The molecule has 27 heavy (non-hydrogen) atoms. The van der Waals surface area contributed by atoms with Gasteiger partial charge in [0.05, 0.1) is 17.1 Å². The van der Waals surface area contributed by atoms with Crippen molar-refractivity contribution < 1.29 is 21.6 Å². The Bertz CT molecular complexity index is 1060. The van der Waals surface area contributed by atoms with E-state index in [1.165, 1.54) is 35.3 Å². The van der Waals surface area contributed by atoms with Gasteiger partial charge in [0.2, 0.25) is 0 Å². The van der Waals surface area contributed by atoms with Crippen molar-refractivity contribution in [2.75, 3.05) is 6.26 Å². The molecule has 11 heteroatoms. The van der Waals surface area contributed by atoms with E-state index < -0.39 is 21.6 Å². The summed E-state index contributed by atoms with van der Waals surface area (Å²) in [7, 11) is -3.62. The van der Waals surface area contributed by atoms with E-state index in [1.807, 2.05) is 0 Å². The fraction of sp³-hybridized carbons (Fsp3) is 0.188. The number of halogens is 4. The van der Waals surface area contributed by atoms with E-state index in [0.717, 1.165) is 18.4 Å². The third-order valence-electron chi connectivity index (χ3n) is 3.59. The van der Waals surface area contributed by atoms with E-state index in [2.05, 4.69) is 15.0 Å². The Hall–Kier alpha value is -2.46. The molecule has 0 atom stereocenters. The molecular formula is C16H12ClF3N4O2S. The van der Waals surface area contributed by atoms with E-state index in [9.17, 15) is 21.6 Å². The van der Waals surface area contributed by atoms with Crippen LogP contribution < -0.4 is 0 Å². The molecule has 6 nitrogen and oxygen atoms in total. The number of alkyl halides is 3. The second kappa shape index (κ2) is 6.93. The van der Waals surface area contributed by atoms with Crippen LogP contribution in [0.25, 0.3) is 11.4 Å². The van der Waals surface area contributed by atoms with E-state index in [0.29, 0.717) is 16.4 Å². The summed E-state index contributed by atoms with van der Waals surface area (Å²) >= 11 is 5.74. The maximum Gasteiger partial charge on any atom is 0.416 e. The van der Waals surface area contributed by atoms with Crippen molar-refractivity contribution >= 4 is 21.4 Å². The zero-order valence-corrected chi connectivity index (χ0v) is 15.3. The molecule has 0 aliphatic heterocycles. The molecule has 2 heterocycles. The SMILES string of the molecule is CS(=O)(=O)c1cn(Cc2ncc(Cl)cn2)c(-c2ccc(C(F)(F)F)cc2)n1. The predicted octanol–water partition coefficient (Wildman–Crippen LogP) is 3.46. The van der Waals surface area contributed by atoms with Crippen LogP contribution in [0.1, 0.15) is 11.4 Å². The lowest BCUT2D eigenvalue weighted by Gasteiger charge is -2.09. The number of aromatic nitrogens is 4. The maximum atomic E-state index is 12.8. The maximum absolute atomic E-state index is 12.8. The zero-order valence-electron chi connectivity index (χ0n) is 13.8. The number of rotatable bonds is 4. The molecule has 0 unspecified atom stereocenters. The number of hydrogen-bond donors (Lipinski definition) is 0. The molecular weight excluding hydrogens is 405 g/mol. The molecule has 0 aliphatic rings. The summed E-state index contributed by atoms with van der Waals surface area (Å²) in [4.78, 5) is 12.1. The summed E-state index contributed by atoms with van der Waals surface area (Å²) in [6.07, 6.45) is 0.588. The van der Waals surface area contributed by atoms with Gasteiger partial charge in [-0.1, -0.05) is 23.7 Å². The average Bonchev–Trinajstić information content (AvgIpc) is 3.00. The number of nitrogens with zero attached hydrogens (tertiary/aromatic N) is 4. The first kappa shape index (κ1) is 19.3. The largest absolute Gasteiger partial charge is 0.416 e. The van der Waals surface area contributed by atoms with E-state index in [4.69, 9.17) is 11.6 Å². The van der Waals surface area contributed by atoms with Crippen LogP contribution in [0, 0.1) is 0 Å². The third-order valence-corrected chi connectivity index (χ3v) is 4.74. The van der Waals surface area contributed by atoms with Crippen LogP contribution in [0.4, 0.5) is 13.2 Å². The van der Waals surface area contributed by atoms with Crippen molar-refractivity contribution in [3.8, 4) is 11.4 Å². The van der Waals surface area contributed by atoms with Crippen molar-refractivity contribution in [1.29, 1.82) is 0 Å².